The fourth-order valence-electron chi connectivity index (χ4n) is 0.599. The van der Waals surface area contributed by atoms with Gasteiger partial charge in [0.1, 0.15) is 0 Å². The first-order valence-corrected chi connectivity index (χ1v) is 3.65. The number of nitrogens with zero attached hydrogens (tertiary/aromatic N) is 1. The van der Waals surface area contributed by atoms with Crippen molar-refractivity contribution in [2.45, 2.75) is 6.92 Å². The summed E-state index contributed by atoms with van der Waals surface area (Å²) in [7, 11) is 1.50. The molecule has 0 amide bonds. The Labute approximate surface area is 73.6 Å². The molecule has 0 atom stereocenters. The molecule has 0 aliphatic rings. The van der Waals surface area contributed by atoms with Gasteiger partial charge in [0, 0.05) is 7.11 Å². The second kappa shape index (κ2) is 7.77. The van der Waals surface area contributed by atoms with Gasteiger partial charge in [-0.15, -0.1) is 0 Å². The third-order valence-electron chi connectivity index (χ3n) is 1.13. The van der Waals surface area contributed by atoms with Gasteiger partial charge in [0.2, 0.25) is 0 Å². The Morgan fingerprint density at radius 1 is 1.33 bits per heavy atom. The SMILES string of the molecule is Cc1ccccc1.[C-]#[N+]COC. The molecule has 0 saturated carbocycles. The zero-order valence-corrected chi connectivity index (χ0v) is 7.45. The maximum atomic E-state index is 6.10. The van der Waals surface area contributed by atoms with Crippen LogP contribution in [0.1, 0.15) is 5.56 Å². The number of benzene rings is 1. The number of ether oxygens (including phenoxy) is 1. The van der Waals surface area contributed by atoms with E-state index >= 15 is 0 Å². The standard InChI is InChI=1S/C7H8.C3H5NO/c1-7-5-3-2-4-6-7;1-4-3-5-2/h2-6H,1H3;3H2,2H3. The summed E-state index contributed by atoms with van der Waals surface area (Å²) in [6.45, 7) is 8.37. The number of aryl methyl sites for hydroxylation is 1. The molecule has 1 aromatic carbocycles. The van der Waals surface area contributed by atoms with Crippen LogP contribution in [-0.4, -0.2) is 13.8 Å². The van der Waals surface area contributed by atoms with E-state index in [4.69, 9.17) is 6.57 Å². The van der Waals surface area contributed by atoms with E-state index in [-0.39, 0.29) is 6.73 Å². The minimum Gasteiger partial charge on any atom is -0.316 e. The summed E-state index contributed by atoms with van der Waals surface area (Å²) in [5, 5.41) is 0. The zero-order valence-electron chi connectivity index (χ0n) is 7.45. The lowest BCUT2D eigenvalue weighted by Crippen LogP contribution is -1.73. The van der Waals surface area contributed by atoms with Crippen molar-refractivity contribution in [3.63, 3.8) is 0 Å². The van der Waals surface area contributed by atoms with Gasteiger partial charge in [-0.3, -0.25) is 4.85 Å². The van der Waals surface area contributed by atoms with Crippen LogP contribution < -0.4 is 0 Å². The summed E-state index contributed by atoms with van der Waals surface area (Å²) in [4.78, 5) is 2.88. The molecule has 0 heterocycles. The van der Waals surface area contributed by atoms with Crippen molar-refractivity contribution in [1.29, 1.82) is 0 Å². The molecule has 0 aliphatic carbocycles. The molecule has 0 saturated heterocycles. The molecule has 1 aromatic rings. The van der Waals surface area contributed by atoms with E-state index in [0.717, 1.165) is 0 Å². The fraction of sp³-hybridized carbons (Fsp3) is 0.300. The average Bonchev–Trinajstić information content (AvgIpc) is 2.08. The summed E-state index contributed by atoms with van der Waals surface area (Å²) in [6, 6.07) is 10.3. The quantitative estimate of drug-likeness (QED) is 0.580. The second-order valence-corrected chi connectivity index (χ2v) is 2.23. The topological polar surface area (TPSA) is 13.6 Å². The van der Waals surface area contributed by atoms with Gasteiger partial charge in [-0.1, -0.05) is 35.9 Å². The third-order valence-corrected chi connectivity index (χ3v) is 1.13. The maximum Gasteiger partial charge on any atom is 0.318 e. The lowest BCUT2D eigenvalue weighted by atomic mass is 10.2. The molecular formula is C10H13NO. The predicted octanol–water partition coefficient (Wildman–Crippen LogP) is 2.50. The van der Waals surface area contributed by atoms with Crippen LogP contribution >= 0.6 is 0 Å². The minimum atomic E-state index is 0.181. The van der Waals surface area contributed by atoms with E-state index < -0.39 is 0 Å². The van der Waals surface area contributed by atoms with Crippen molar-refractivity contribution in [1.82, 2.24) is 0 Å². The predicted molar refractivity (Wildman–Crippen MR) is 49.7 cm³/mol. The Hall–Kier alpha value is -1.33. The van der Waals surface area contributed by atoms with Crippen molar-refractivity contribution in [2.75, 3.05) is 13.8 Å². The van der Waals surface area contributed by atoms with Crippen LogP contribution in [0, 0.1) is 13.5 Å². The normalized spacial score (nSPS) is 7.75. The van der Waals surface area contributed by atoms with Crippen LogP contribution in [0.3, 0.4) is 0 Å². The van der Waals surface area contributed by atoms with E-state index in [2.05, 4.69) is 28.6 Å². The Kier molecular flexibility index (Phi) is 6.91. The van der Waals surface area contributed by atoms with E-state index in [1.54, 1.807) is 0 Å². The lowest BCUT2D eigenvalue weighted by Gasteiger charge is -1.82. The Morgan fingerprint density at radius 3 is 2.08 bits per heavy atom. The molecule has 0 unspecified atom stereocenters. The molecule has 0 spiro atoms. The van der Waals surface area contributed by atoms with Crippen LogP contribution in [0.25, 0.3) is 4.85 Å². The van der Waals surface area contributed by atoms with Crippen molar-refractivity contribution in [3.05, 3.63) is 47.3 Å². The monoisotopic (exact) mass is 163 g/mol. The van der Waals surface area contributed by atoms with Gasteiger partial charge in [0.15, 0.2) is 0 Å². The van der Waals surface area contributed by atoms with E-state index in [1.165, 1.54) is 12.7 Å². The van der Waals surface area contributed by atoms with Crippen molar-refractivity contribution < 1.29 is 4.74 Å². The van der Waals surface area contributed by atoms with E-state index in [0.29, 0.717) is 0 Å². The van der Waals surface area contributed by atoms with Gasteiger partial charge in [-0.25, -0.2) is 6.57 Å². The molecule has 2 heteroatoms. The number of hydrogen-bond donors (Lipinski definition) is 0. The molecule has 0 N–H and O–H groups in total. The Morgan fingerprint density at radius 2 is 1.92 bits per heavy atom. The molecular weight excluding hydrogens is 150 g/mol. The second-order valence-electron chi connectivity index (χ2n) is 2.23. The van der Waals surface area contributed by atoms with Crippen LogP contribution in [0.2, 0.25) is 0 Å². The van der Waals surface area contributed by atoms with Gasteiger partial charge in [0.05, 0.1) is 0 Å². The zero-order chi connectivity index (χ0) is 9.23. The third kappa shape index (κ3) is 6.79. The van der Waals surface area contributed by atoms with E-state index in [1.807, 2.05) is 18.2 Å². The van der Waals surface area contributed by atoms with Gasteiger partial charge in [0.25, 0.3) is 0 Å². The fourth-order valence-corrected chi connectivity index (χ4v) is 0.599. The van der Waals surface area contributed by atoms with Crippen LogP contribution in [0.4, 0.5) is 0 Å². The number of rotatable bonds is 1. The first-order valence-electron chi connectivity index (χ1n) is 3.65. The summed E-state index contributed by atoms with van der Waals surface area (Å²) >= 11 is 0. The van der Waals surface area contributed by atoms with Crippen LogP contribution in [0.15, 0.2) is 30.3 Å². The lowest BCUT2D eigenvalue weighted by molar-refractivity contribution is 0.232. The van der Waals surface area contributed by atoms with Crippen LogP contribution in [-0.2, 0) is 4.74 Å². The summed E-state index contributed by atoms with van der Waals surface area (Å²) in [6.07, 6.45) is 0. The molecule has 12 heavy (non-hydrogen) atoms. The molecule has 0 bridgehead atoms. The highest BCUT2D eigenvalue weighted by molar-refractivity contribution is 5.11. The largest absolute Gasteiger partial charge is 0.318 e. The Bertz CT molecular complexity index is 225. The van der Waals surface area contributed by atoms with Crippen molar-refractivity contribution in [3.8, 4) is 0 Å². The summed E-state index contributed by atoms with van der Waals surface area (Å²) in [5.74, 6) is 0. The smallest absolute Gasteiger partial charge is 0.316 e. The van der Waals surface area contributed by atoms with Crippen LogP contribution in [0.5, 0.6) is 0 Å². The van der Waals surface area contributed by atoms with Gasteiger partial charge in [-0.05, 0) is 6.92 Å². The first-order chi connectivity index (χ1) is 5.81. The van der Waals surface area contributed by atoms with Gasteiger partial charge in [-0.2, -0.15) is 0 Å². The van der Waals surface area contributed by atoms with Gasteiger partial charge >= 0.3 is 6.73 Å². The summed E-state index contributed by atoms with van der Waals surface area (Å²) in [5.41, 5.74) is 1.32. The summed E-state index contributed by atoms with van der Waals surface area (Å²) < 4.78 is 4.34. The average molecular weight is 163 g/mol. The minimum absolute atomic E-state index is 0.181. The number of methoxy groups -OCH3 is 1. The maximum absolute atomic E-state index is 6.10. The Balaban J connectivity index is 0.000000217. The molecule has 1 rings (SSSR count). The van der Waals surface area contributed by atoms with Crippen molar-refractivity contribution >= 4 is 0 Å². The number of hydrogen-bond acceptors (Lipinski definition) is 1. The first kappa shape index (κ1) is 10.7. The molecule has 0 aromatic heterocycles. The van der Waals surface area contributed by atoms with E-state index in [9.17, 15) is 0 Å². The highest BCUT2D eigenvalue weighted by Gasteiger charge is 1.72. The molecule has 64 valence electrons. The van der Waals surface area contributed by atoms with Crippen molar-refractivity contribution in [2.24, 2.45) is 0 Å². The molecule has 0 fully saturated rings. The molecule has 0 aliphatic heterocycles. The highest BCUT2D eigenvalue weighted by atomic mass is 16.5. The van der Waals surface area contributed by atoms with Gasteiger partial charge < -0.3 is 4.74 Å². The molecule has 0 radical (unpaired) electrons. The highest BCUT2D eigenvalue weighted by Crippen LogP contribution is 1.92. The molecule has 2 nitrogen and oxygen atoms in total.